The Balaban J connectivity index is 0.874. The van der Waals surface area contributed by atoms with Crippen LogP contribution in [0.25, 0.3) is 44.3 Å². The van der Waals surface area contributed by atoms with Gasteiger partial charge in [0.1, 0.15) is 67.7 Å². The second kappa shape index (κ2) is 28.7. The maximum absolute atomic E-state index is 14.8. The van der Waals surface area contributed by atoms with Gasteiger partial charge in [-0.2, -0.15) is 0 Å². The van der Waals surface area contributed by atoms with E-state index in [1.807, 2.05) is 74.1 Å². The van der Waals surface area contributed by atoms with Crippen molar-refractivity contribution in [3.05, 3.63) is 101 Å². The number of carbonyl (C=O) groups excluding carboxylic acids is 9. The lowest BCUT2D eigenvalue weighted by molar-refractivity contribution is -0.142. The molecule has 1 saturated heterocycles. The molecule has 27 heteroatoms. The van der Waals surface area contributed by atoms with Gasteiger partial charge in [0, 0.05) is 110 Å². The quantitative estimate of drug-likeness (QED) is 0.0410. The summed E-state index contributed by atoms with van der Waals surface area (Å²) in [5.74, 6) is -7.94. The van der Waals surface area contributed by atoms with E-state index in [4.69, 9.17) is 4.42 Å². The van der Waals surface area contributed by atoms with E-state index in [-0.39, 0.29) is 62.2 Å². The standard InChI is InChI=1S/C64H76N12O14S/c1-32-55(80)70-47-29-43-39-13-9-10-14-45(39)72-62(43)91-31-48(63(87)76-30-38(78)28-49(76)60(85)68-32)71-61(86)54(34(3)77)73-56(81)33(2)67-58(83)46(69-59(47)84)21-22-52(79)65-23-11-8-12-24-66-57(82)35-15-18-40(44(25-35)64(88)89)53-41-19-16-36(74(4)5)26-50(41)90-51-27-37(75(6)7)17-20-42(51)53/h9-10,13-20,25-27,32-34,38,46-49,54,72,77-78H,8,11-12,21-24,28-31H2,1-7H3,(H8-,65,66,67,68,69,70,71,73,79,80,81,82,83,84,85,86,88,89)/p+1/t32-,33-,34-,38-,46-,47-,48-,49-,54+/m0/s1. The fraction of sp³-hybridized carbons (Fsp3) is 0.422. The van der Waals surface area contributed by atoms with Gasteiger partial charge >= 0.3 is 5.97 Å². The van der Waals surface area contributed by atoms with Crippen LogP contribution >= 0.6 is 11.8 Å². The van der Waals surface area contributed by atoms with Crippen LogP contribution in [0.4, 0.5) is 5.69 Å². The maximum atomic E-state index is 14.8. The van der Waals surface area contributed by atoms with E-state index in [2.05, 4.69) is 47.5 Å². The molecular formula is C64H77N12O14S+. The number of H-pyrrole nitrogens is 1. The number of carboxylic acids is 1. The van der Waals surface area contributed by atoms with Crippen molar-refractivity contribution >= 4 is 98.5 Å². The normalized spacial score (nSPS) is 22.3. The highest BCUT2D eigenvalue weighted by Crippen LogP contribution is 2.42. The lowest BCUT2D eigenvalue weighted by atomic mass is 9.89. The Morgan fingerprint density at radius 3 is 2.16 bits per heavy atom. The molecule has 482 valence electrons. The molecule has 9 atom stereocenters. The third-order valence-electron chi connectivity index (χ3n) is 16.5. The molecule has 9 amide bonds. The first-order chi connectivity index (χ1) is 43.4. The molecule has 0 saturated carbocycles. The predicted molar refractivity (Wildman–Crippen MR) is 339 cm³/mol. The van der Waals surface area contributed by atoms with Gasteiger partial charge in [0.05, 0.1) is 28.9 Å². The number of hydrogen-bond acceptors (Lipinski definition) is 15. The van der Waals surface area contributed by atoms with Gasteiger partial charge in [-0.1, -0.05) is 24.3 Å². The monoisotopic (exact) mass is 1270 g/mol. The van der Waals surface area contributed by atoms with Crippen molar-refractivity contribution < 1.29 is 67.7 Å². The van der Waals surface area contributed by atoms with Gasteiger partial charge in [-0.3, -0.25) is 43.2 Å². The second-order valence-corrected chi connectivity index (χ2v) is 24.7. The van der Waals surface area contributed by atoms with Gasteiger partial charge in [-0.05, 0) is 94.0 Å². The highest BCUT2D eigenvalue weighted by Gasteiger charge is 2.44. The zero-order chi connectivity index (χ0) is 65.5. The fourth-order valence-electron chi connectivity index (χ4n) is 11.4. The van der Waals surface area contributed by atoms with Gasteiger partial charge in [-0.25, -0.2) is 9.37 Å². The van der Waals surface area contributed by atoms with E-state index in [1.54, 1.807) is 36.4 Å². The summed E-state index contributed by atoms with van der Waals surface area (Å²) in [4.78, 5) is 146. The molecule has 4 aromatic rings. The molecule has 12 N–H and O–H groups in total. The molecule has 9 rings (SSSR count). The number of carbonyl (C=O) groups is 10. The molecule has 0 radical (unpaired) electrons. The van der Waals surface area contributed by atoms with E-state index >= 15 is 0 Å². The maximum Gasteiger partial charge on any atom is 0.336 e. The number of aromatic nitrogens is 1. The number of aliphatic hydroxyl groups is 2. The number of nitrogens with zero attached hydrogens (tertiary/aromatic N) is 3. The number of carboxylic acid groups (broad SMARTS) is 1. The molecule has 91 heavy (non-hydrogen) atoms. The largest absolute Gasteiger partial charge is 0.478 e. The van der Waals surface area contributed by atoms with E-state index in [1.165, 1.54) is 26.8 Å². The Kier molecular flexibility index (Phi) is 20.8. The van der Waals surface area contributed by atoms with Crippen LogP contribution in [0.2, 0.25) is 0 Å². The van der Waals surface area contributed by atoms with Crippen molar-refractivity contribution in [2.75, 3.05) is 58.5 Å². The number of rotatable bonds is 14. The van der Waals surface area contributed by atoms with Gasteiger partial charge < -0.3 is 77.1 Å². The molecule has 1 aromatic heterocycles. The van der Waals surface area contributed by atoms with Crippen LogP contribution in [0.3, 0.4) is 0 Å². The number of benzene rings is 4. The van der Waals surface area contributed by atoms with Crippen LogP contribution in [0, 0.1) is 0 Å². The number of aromatic amines is 1. The van der Waals surface area contributed by atoms with Crippen LogP contribution in [0.5, 0.6) is 0 Å². The number of fused-ring (bicyclic) bond motifs is 7. The number of hydrogen-bond donors (Lipinski definition) is 12. The summed E-state index contributed by atoms with van der Waals surface area (Å²) >= 11 is 1.08. The molecule has 0 spiro atoms. The number of thioether (sulfide) groups is 1. The molecule has 2 bridgehead atoms. The highest BCUT2D eigenvalue weighted by atomic mass is 32.2. The zero-order valence-corrected chi connectivity index (χ0v) is 52.4. The number of para-hydroxylation sites is 1. The average molecular weight is 1270 g/mol. The molecule has 5 aliphatic rings. The lowest BCUT2D eigenvalue weighted by Gasteiger charge is -2.30. The third-order valence-corrected chi connectivity index (χ3v) is 17.7. The Morgan fingerprint density at radius 1 is 0.758 bits per heavy atom. The highest BCUT2D eigenvalue weighted by molar-refractivity contribution is 7.99. The van der Waals surface area contributed by atoms with Crippen molar-refractivity contribution in [1.29, 1.82) is 0 Å². The third kappa shape index (κ3) is 15.3. The number of anilines is 1. The molecule has 0 unspecified atom stereocenters. The van der Waals surface area contributed by atoms with Crippen molar-refractivity contribution in [2.45, 2.75) is 125 Å². The van der Waals surface area contributed by atoms with Gasteiger partial charge in [0.15, 0.2) is 0 Å². The van der Waals surface area contributed by atoms with Crippen LogP contribution < -0.4 is 57.4 Å². The van der Waals surface area contributed by atoms with Crippen LogP contribution in [-0.4, -0.2) is 192 Å². The smallest absolute Gasteiger partial charge is 0.336 e. The van der Waals surface area contributed by atoms with Crippen LogP contribution in [-0.2, 0) is 44.8 Å². The molecule has 26 nitrogen and oxygen atoms in total. The number of unbranched alkanes of at least 4 members (excludes halogenated alkanes) is 2. The topological polar surface area (TPSA) is 366 Å². The summed E-state index contributed by atoms with van der Waals surface area (Å²) in [6.07, 6.45) is -2.22. The summed E-state index contributed by atoms with van der Waals surface area (Å²) in [6, 6.07) is 13.0. The molecule has 4 aliphatic heterocycles. The predicted octanol–water partition coefficient (Wildman–Crippen LogP) is 0.932. The second-order valence-electron chi connectivity index (χ2n) is 23.7. The van der Waals surface area contributed by atoms with E-state index in [9.17, 15) is 63.3 Å². The first-order valence-electron chi connectivity index (χ1n) is 30.2. The van der Waals surface area contributed by atoms with Crippen molar-refractivity contribution in [3.63, 3.8) is 0 Å². The number of amides is 9. The molecule has 5 heterocycles. The van der Waals surface area contributed by atoms with Gasteiger partial charge in [0.2, 0.25) is 52.6 Å². The van der Waals surface area contributed by atoms with E-state index < -0.39 is 114 Å². The van der Waals surface area contributed by atoms with Crippen molar-refractivity contribution in [1.82, 2.24) is 57.0 Å². The average Bonchev–Trinajstić information content (AvgIpc) is 1.41. The van der Waals surface area contributed by atoms with Crippen molar-refractivity contribution in [3.8, 4) is 22.5 Å². The molecule has 3 aromatic carbocycles. The van der Waals surface area contributed by atoms with E-state index in [0.717, 1.165) is 27.7 Å². The summed E-state index contributed by atoms with van der Waals surface area (Å²) in [5.41, 5.74) is 4.38. The lowest BCUT2D eigenvalue weighted by Crippen LogP contribution is -2.61. The van der Waals surface area contributed by atoms with Crippen LogP contribution in [0.15, 0.2) is 88.3 Å². The molecule has 1 fully saturated rings. The van der Waals surface area contributed by atoms with Gasteiger partial charge in [0.25, 0.3) is 5.91 Å². The Bertz CT molecular complexity index is 3880. The summed E-state index contributed by atoms with van der Waals surface area (Å²) in [5, 5.41) is 56.2. The summed E-state index contributed by atoms with van der Waals surface area (Å²) in [7, 11) is 7.65. The van der Waals surface area contributed by atoms with E-state index in [0.29, 0.717) is 74.2 Å². The molecule has 1 aliphatic carbocycles. The Hall–Kier alpha value is -9.34. The van der Waals surface area contributed by atoms with Crippen molar-refractivity contribution in [2.24, 2.45) is 0 Å². The first-order valence-corrected chi connectivity index (χ1v) is 31.2. The zero-order valence-electron chi connectivity index (χ0n) is 51.6. The first kappa shape index (κ1) is 66.1. The number of aliphatic hydroxyl groups excluding tert-OH is 2. The minimum absolute atomic E-state index is 0.0733. The SMILES string of the molecule is C[C@@H]1NC(=O)[C@H](CCC(=O)NCCCCCNC(=O)c2ccc(-c3c4ccc(=[N+](C)C)cc-4oc4cc(N(C)C)ccc34)c(C(=O)O)c2)NC(=O)[C@@H]2Cc3c([nH]c4ccccc34)SC[C@H](NC(=O)[C@@H]([C@H](C)O)NC1=O)C(=O)N1C[C@@H](O)C[C@H]1C(=O)N[C@@H](C)C(=O)N2. The molecular weight excluding hydrogens is 1190 g/mol. The number of aromatic carboxylic acids is 1. The minimum Gasteiger partial charge on any atom is -0.478 e. The summed E-state index contributed by atoms with van der Waals surface area (Å²) in [6.45, 7) is 4.03. The minimum atomic E-state index is -1.68. The van der Waals surface area contributed by atoms with Gasteiger partial charge in [-0.15, -0.1) is 11.8 Å². The number of nitrogens with one attached hydrogen (secondary N) is 9. The Morgan fingerprint density at radius 2 is 1.45 bits per heavy atom. The Labute approximate surface area is 528 Å². The van der Waals surface area contributed by atoms with Crippen LogP contribution in [0.1, 0.15) is 85.6 Å². The summed E-state index contributed by atoms with van der Waals surface area (Å²) < 4.78 is 8.36. The fourth-order valence-corrected chi connectivity index (χ4v) is 12.5.